The van der Waals surface area contributed by atoms with E-state index in [1.54, 1.807) is 0 Å². The zero-order chi connectivity index (χ0) is 19.7. The van der Waals surface area contributed by atoms with E-state index in [1.165, 1.54) is 23.1 Å². The maximum absolute atomic E-state index is 14.1. The standard InChI is InChI=1S/C18H15Cl2F2N3O2/c19-13-6-11(23)7-14(20)18(13)25-8-9(1-4-16(25)26)17(24-27)12-3-2-10(21)5-15(12)22/h2-3,5-7,9,27H,1,4,8,23H2. The number of carbonyl (C=O) groups is 1. The van der Waals surface area contributed by atoms with E-state index in [9.17, 15) is 18.8 Å². The highest BCUT2D eigenvalue weighted by molar-refractivity contribution is 6.40. The van der Waals surface area contributed by atoms with Gasteiger partial charge in [0, 0.05) is 36.2 Å². The first kappa shape index (κ1) is 19.4. The van der Waals surface area contributed by atoms with Gasteiger partial charge in [0.15, 0.2) is 0 Å². The van der Waals surface area contributed by atoms with Gasteiger partial charge in [-0.3, -0.25) is 4.79 Å². The van der Waals surface area contributed by atoms with Gasteiger partial charge in [-0.2, -0.15) is 0 Å². The van der Waals surface area contributed by atoms with Crippen molar-refractivity contribution in [1.29, 1.82) is 0 Å². The molecule has 142 valence electrons. The van der Waals surface area contributed by atoms with E-state index in [-0.39, 0.29) is 40.2 Å². The second-order valence-corrected chi connectivity index (χ2v) is 7.00. The predicted molar refractivity (Wildman–Crippen MR) is 101 cm³/mol. The zero-order valence-corrected chi connectivity index (χ0v) is 15.4. The van der Waals surface area contributed by atoms with Crippen molar-refractivity contribution in [2.24, 2.45) is 11.1 Å². The summed E-state index contributed by atoms with van der Waals surface area (Å²) in [7, 11) is 0. The van der Waals surface area contributed by atoms with Crippen LogP contribution in [-0.4, -0.2) is 23.4 Å². The van der Waals surface area contributed by atoms with Crippen molar-refractivity contribution in [3.8, 4) is 0 Å². The third-order valence-corrected chi connectivity index (χ3v) is 5.00. The molecule has 1 heterocycles. The minimum atomic E-state index is -0.852. The predicted octanol–water partition coefficient (Wildman–Crippen LogP) is 4.48. The largest absolute Gasteiger partial charge is 0.411 e. The van der Waals surface area contributed by atoms with E-state index in [0.717, 1.165) is 6.07 Å². The number of nitrogen functional groups attached to an aromatic ring is 1. The molecule has 3 N–H and O–H groups in total. The number of nitrogens with zero attached hydrogens (tertiary/aromatic N) is 2. The first-order valence-electron chi connectivity index (χ1n) is 8.04. The van der Waals surface area contributed by atoms with E-state index in [2.05, 4.69) is 5.16 Å². The number of oxime groups is 1. The van der Waals surface area contributed by atoms with Crippen LogP contribution in [0, 0.1) is 17.6 Å². The molecule has 0 aromatic heterocycles. The molecule has 1 unspecified atom stereocenters. The molecule has 1 aliphatic heterocycles. The van der Waals surface area contributed by atoms with Crippen LogP contribution in [0.5, 0.6) is 0 Å². The lowest BCUT2D eigenvalue weighted by molar-refractivity contribution is -0.119. The smallest absolute Gasteiger partial charge is 0.227 e. The molecule has 1 aliphatic rings. The summed E-state index contributed by atoms with van der Waals surface area (Å²) in [5.41, 5.74) is 6.32. The molecule has 0 bridgehead atoms. The van der Waals surface area contributed by atoms with E-state index in [0.29, 0.717) is 23.9 Å². The topological polar surface area (TPSA) is 78.9 Å². The van der Waals surface area contributed by atoms with E-state index >= 15 is 0 Å². The molecule has 2 aromatic carbocycles. The van der Waals surface area contributed by atoms with Crippen LogP contribution in [0.4, 0.5) is 20.2 Å². The number of halogens is 4. The van der Waals surface area contributed by atoms with Gasteiger partial charge >= 0.3 is 0 Å². The molecule has 1 amide bonds. The minimum absolute atomic E-state index is 0.0210. The Morgan fingerprint density at radius 2 is 1.89 bits per heavy atom. The molecule has 3 rings (SSSR count). The first-order chi connectivity index (χ1) is 12.8. The third kappa shape index (κ3) is 3.84. The van der Waals surface area contributed by atoms with Gasteiger partial charge in [0.1, 0.15) is 11.6 Å². The zero-order valence-electron chi connectivity index (χ0n) is 13.9. The van der Waals surface area contributed by atoms with Gasteiger partial charge in [-0.1, -0.05) is 28.4 Å². The summed E-state index contributed by atoms with van der Waals surface area (Å²) in [4.78, 5) is 13.8. The number of hydrogen-bond donors (Lipinski definition) is 2. The Bertz CT molecular complexity index is 914. The lowest BCUT2D eigenvalue weighted by Gasteiger charge is -2.34. The summed E-state index contributed by atoms with van der Waals surface area (Å²) in [6.45, 7) is 0.0679. The Morgan fingerprint density at radius 3 is 2.48 bits per heavy atom. The fourth-order valence-corrected chi connectivity index (χ4v) is 3.89. The molecule has 0 radical (unpaired) electrons. The average Bonchev–Trinajstić information content (AvgIpc) is 2.58. The molecular weight excluding hydrogens is 399 g/mol. The highest BCUT2D eigenvalue weighted by Crippen LogP contribution is 2.39. The van der Waals surface area contributed by atoms with Crippen LogP contribution in [0.2, 0.25) is 10.0 Å². The van der Waals surface area contributed by atoms with Gasteiger partial charge in [-0.15, -0.1) is 0 Å². The van der Waals surface area contributed by atoms with Crippen LogP contribution in [0.3, 0.4) is 0 Å². The Hall–Kier alpha value is -2.38. The summed E-state index contributed by atoms with van der Waals surface area (Å²) < 4.78 is 27.3. The fourth-order valence-electron chi connectivity index (χ4n) is 3.18. The van der Waals surface area contributed by atoms with Crippen molar-refractivity contribution in [3.63, 3.8) is 0 Å². The number of piperidine rings is 1. The van der Waals surface area contributed by atoms with Crippen molar-refractivity contribution < 1.29 is 18.8 Å². The van der Waals surface area contributed by atoms with Gasteiger partial charge < -0.3 is 15.8 Å². The lowest BCUT2D eigenvalue weighted by Crippen LogP contribution is -2.43. The van der Waals surface area contributed by atoms with Crippen molar-refractivity contribution >= 4 is 46.2 Å². The first-order valence-corrected chi connectivity index (χ1v) is 8.79. The van der Waals surface area contributed by atoms with Crippen LogP contribution in [-0.2, 0) is 4.79 Å². The van der Waals surface area contributed by atoms with Crippen LogP contribution in [0.15, 0.2) is 35.5 Å². The Morgan fingerprint density at radius 1 is 1.22 bits per heavy atom. The molecule has 0 saturated carbocycles. The van der Waals surface area contributed by atoms with Gasteiger partial charge in [-0.25, -0.2) is 8.78 Å². The Kier molecular flexibility index (Phi) is 5.53. The highest BCUT2D eigenvalue weighted by atomic mass is 35.5. The van der Waals surface area contributed by atoms with Gasteiger partial charge in [-0.05, 0) is 30.7 Å². The number of nitrogens with two attached hydrogens (primary N) is 1. The summed E-state index contributed by atoms with van der Waals surface area (Å²) in [5.74, 6) is -2.32. The number of anilines is 2. The van der Waals surface area contributed by atoms with Crippen molar-refractivity contribution in [1.82, 2.24) is 0 Å². The summed E-state index contributed by atoms with van der Waals surface area (Å²) in [6, 6.07) is 5.92. The van der Waals surface area contributed by atoms with Gasteiger partial charge in [0.2, 0.25) is 5.91 Å². The summed E-state index contributed by atoms with van der Waals surface area (Å²) in [5, 5.41) is 13.1. The van der Waals surface area contributed by atoms with Gasteiger partial charge in [0.25, 0.3) is 0 Å². The second kappa shape index (κ2) is 7.70. The fraction of sp³-hybridized carbons (Fsp3) is 0.222. The molecule has 1 saturated heterocycles. The average molecular weight is 414 g/mol. The molecule has 0 aliphatic carbocycles. The SMILES string of the molecule is Nc1cc(Cl)c(N2CC(C(=NO)c3ccc(F)cc3F)CCC2=O)c(Cl)c1. The Labute approximate surface area is 164 Å². The van der Waals surface area contributed by atoms with Crippen LogP contribution in [0.25, 0.3) is 0 Å². The summed E-state index contributed by atoms with van der Waals surface area (Å²) >= 11 is 12.4. The highest BCUT2D eigenvalue weighted by Gasteiger charge is 2.33. The molecule has 1 fully saturated rings. The van der Waals surface area contributed by atoms with Crippen molar-refractivity contribution in [2.75, 3.05) is 17.2 Å². The number of rotatable bonds is 3. The Balaban J connectivity index is 1.96. The second-order valence-electron chi connectivity index (χ2n) is 6.18. The molecule has 1 atom stereocenters. The third-order valence-electron chi connectivity index (χ3n) is 4.42. The minimum Gasteiger partial charge on any atom is -0.411 e. The van der Waals surface area contributed by atoms with E-state index < -0.39 is 17.6 Å². The van der Waals surface area contributed by atoms with E-state index in [1.807, 2.05) is 0 Å². The maximum atomic E-state index is 14.1. The molecule has 2 aromatic rings. The van der Waals surface area contributed by atoms with Crippen molar-refractivity contribution in [2.45, 2.75) is 12.8 Å². The number of benzene rings is 2. The number of carbonyl (C=O) groups excluding carboxylic acids is 1. The monoisotopic (exact) mass is 413 g/mol. The quantitative estimate of drug-likeness (QED) is 0.337. The maximum Gasteiger partial charge on any atom is 0.227 e. The molecule has 9 heteroatoms. The van der Waals surface area contributed by atoms with E-state index in [4.69, 9.17) is 28.9 Å². The number of amides is 1. The van der Waals surface area contributed by atoms with Crippen LogP contribution in [0.1, 0.15) is 18.4 Å². The van der Waals surface area contributed by atoms with Crippen LogP contribution >= 0.6 is 23.2 Å². The molecule has 5 nitrogen and oxygen atoms in total. The molecule has 0 spiro atoms. The molecular formula is C18H15Cl2F2N3O2. The number of hydrogen-bond acceptors (Lipinski definition) is 4. The van der Waals surface area contributed by atoms with Crippen LogP contribution < -0.4 is 10.6 Å². The van der Waals surface area contributed by atoms with Gasteiger partial charge in [0.05, 0.1) is 21.4 Å². The molecule has 27 heavy (non-hydrogen) atoms. The summed E-state index contributed by atoms with van der Waals surface area (Å²) in [6.07, 6.45) is 0.444. The van der Waals surface area contributed by atoms with Crippen molar-refractivity contribution in [3.05, 3.63) is 57.6 Å². The lowest BCUT2D eigenvalue weighted by atomic mass is 9.88. The normalized spacial score (nSPS) is 18.1.